The van der Waals surface area contributed by atoms with Crippen LogP contribution in [0.25, 0.3) is 0 Å². The topological polar surface area (TPSA) is 59.6 Å². The third-order valence-corrected chi connectivity index (χ3v) is 3.52. The molecule has 100 valence electrons. The normalized spacial score (nSPS) is 18.9. The summed E-state index contributed by atoms with van der Waals surface area (Å²) in [5.74, 6) is 0.0393. The number of H-pyrrole nitrogens is 1. The van der Waals surface area contributed by atoms with Crippen molar-refractivity contribution in [3.63, 3.8) is 0 Å². The molecule has 1 aromatic rings. The molecule has 0 bridgehead atoms. The van der Waals surface area contributed by atoms with Crippen LogP contribution in [0, 0.1) is 0 Å². The van der Waals surface area contributed by atoms with Crippen LogP contribution in [0.2, 0.25) is 0 Å². The van der Waals surface area contributed by atoms with Gasteiger partial charge in [0.15, 0.2) is 0 Å². The van der Waals surface area contributed by atoms with Gasteiger partial charge in [0.1, 0.15) is 5.69 Å². The second kappa shape index (κ2) is 5.86. The quantitative estimate of drug-likeness (QED) is 0.872. The third kappa shape index (κ3) is 3.34. The highest BCUT2D eigenvalue weighted by Crippen LogP contribution is 2.13. The molecule has 2 rings (SSSR count). The number of amides is 1. The minimum absolute atomic E-state index is 0.0393. The Balaban J connectivity index is 1.88. The molecule has 1 unspecified atom stereocenters. The fraction of sp³-hybridized carbons (Fsp3) is 0.583. The summed E-state index contributed by atoms with van der Waals surface area (Å²) in [6, 6.07) is 1.80. The maximum Gasteiger partial charge on any atom is 0.270 e. The molecule has 1 aliphatic heterocycles. The van der Waals surface area contributed by atoms with Gasteiger partial charge in [0, 0.05) is 43.4 Å². The van der Waals surface area contributed by atoms with E-state index < -0.39 is 0 Å². The number of rotatable bonds is 3. The van der Waals surface area contributed by atoms with Crippen LogP contribution < -0.4 is 0 Å². The van der Waals surface area contributed by atoms with Gasteiger partial charge in [0.05, 0.1) is 6.10 Å². The summed E-state index contributed by atoms with van der Waals surface area (Å²) in [6.45, 7) is 5.52. The van der Waals surface area contributed by atoms with Gasteiger partial charge in [-0.3, -0.25) is 9.69 Å². The van der Waals surface area contributed by atoms with Crippen molar-refractivity contribution < 1.29 is 9.90 Å². The van der Waals surface area contributed by atoms with Crippen LogP contribution in [0.3, 0.4) is 0 Å². The highest BCUT2D eigenvalue weighted by atomic mass is 79.9. The van der Waals surface area contributed by atoms with Crippen molar-refractivity contribution >= 4 is 21.8 Å². The van der Waals surface area contributed by atoms with E-state index in [1.807, 2.05) is 4.90 Å². The number of aromatic nitrogens is 1. The van der Waals surface area contributed by atoms with Crippen LogP contribution in [-0.4, -0.2) is 64.6 Å². The number of aromatic amines is 1. The SMILES string of the molecule is CC(O)CN1CCN(C(=O)c2cc(Br)c[nH]2)CC1. The van der Waals surface area contributed by atoms with Crippen molar-refractivity contribution in [1.82, 2.24) is 14.8 Å². The molecule has 1 saturated heterocycles. The fourth-order valence-corrected chi connectivity index (χ4v) is 2.51. The Hall–Kier alpha value is -0.850. The van der Waals surface area contributed by atoms with E-state index in [1.165, 1.54) is 0 Å². The van der Waals surface area contributed by atoms with Crippen molar-refractivity contribution in [1.29, 1.82) is 0 Å². The number of aliphatic hydroxyl groups is 1. The molecule has 6 heteroatoms. The molecule has 5 nitrogen and oxygen atoms in total. The van der Waals surface area contributed by atoms with E-state index in [9.17, 15) is 9.90 Å². The standard InChI is InChI=1S/C12H18BrN3O2/c1-9(17)8-15-2-4-16(5-3-15)12(18)11-6-10(13)7-14-11/h6-7,9,14,17H,2-5,8H2,1H3. The van der Waals surface area contributed by atoms with Crippen molar-refractivity contribution in [2.24, 2.45) is 0 Å². The highest BCUT2D eigenvalue weighted by molar-refractivity contribution is 9.10. The van der Waals surface area contributed by atoms with Crippen molar-refractivity contribution in [3.05, 3.63) is 22.4 Å². The Labute approximate surface area is 115 Å². The third-order valence-electron chi connectivity index (χ3n) is 3.06. The van der Waals surface area contributed by atoms with Crippen LogP contribution in [0.15, 0.2) is 16.7 Å². The Bertz CT molecular complexity index is 411. The molecule has 1 amide bonds. The summed E-state index contributed by atoms with van der Waals surface area (Å²) in [4.78, 5) is 19.1. The highest BCUT2D eigenvalue weighted by Gasteiger charge is 2.23. The lowest BCUT2D eigenvalue weighted by molar-refractivity contribution is 0.0550. The predicted octanol–water partition coefficient (Wildman–Crippen LogP) is 0.916. The molecule has 0 radical (unpaired) electrons. The van der Waals surface area contributed by atoms with Crippen molar-refractivity contribution in [2.75, 3.05) is 32.7 Å². The molecule has 2 N–H and O–H groups in total. The van der Waals surface area contributed by atoms with E-state index in [2.05, 4.69) is 25.8 Å². The number of piperazine rings is 1. The Morgan fingerprint density at radius 3 is 2.67 bits per heavy atom. The molecule has 18 heavy (non-hydrogen) atoms. The van der Waals surface area contributed by atoms with Gasteiger partial charge in [-0.15, -0.1) is 0 Å². The lowest BCUT2D eigenvalue weighted by Crippen LogP contribution is -2.50. The summed E-state index contributed by atoms with van der Waals surface area (Å²) in [6.07, 6.45) is 1.45. The first kappa shape index (κ1) is 13.6. The molecule has 1 atom stereocenters. The number of carbonyl (C=O) groups is 1. The van der Waals surface area contributed by atoms with E-state index in [1.54, 1.807) is 19.2 Å². The molecule has 0 aromatic carbocycles. The van der Waals surface area contributed by atoms with Gasteiger partial charge in [-0.25, -0.2) is 0 Å². The van der Waals surface area contributed by atoms with Crippen LogP contribution in [0.5, 0.6) is 0 Å². The molecular weight excluding hydrogens is 298 g/mol. The van der Waals surface area contributed by atoms with Gasteiger partial charge >= 0.3 is 0 Å². The fourth-order valence-electron chi connectivity index (χ4n) is 2.17. The summed E-state index contributed by atoms with van der Waals surface area (Å²) >= 11 is 3.32. The van der Waals surface area contributed by atoms with Crippen LogP contribution in [0.1, 0.15) is 17.4 Å². The molecular formula is C12H18BrN3O2. The van der Waals surface area contributed by atoms with E-state index in [0.717, 1.165) is 17.6 Å². The zero-order valence-corrected chi connectivity index (χ0v) is 12.0. The summed E-state index contributed by atoms with van der Waals surface area (Å²) < 4.78 is 0.888. The number of nitrogens with one attached hydrogen (secondary N) is 1. The molecule has 2 heterocycles. The molecule has 1 aliphatic rings. The minimum atomic E-state index is -0.313. The first-order chi connectivity index (χ1) is 8.56. The summed E-state index contributed by atoms with van der Waals surface area (Å²) in [7, 11) is 0. The van der Waals surface area contributed by atoms with Crippen LogP contribution in [-0.2, 0) is 0 Å². The summed E-state index contributed by atoms with van der Waals surface area (Å²) in [5, 5.41) is 9.33. The molecule has 1 fully saturated rings. The van der Waals surface area contributed by atoms with Crippen LogP contribution >= 0.6 is 15.9 Å². The number of nitrogens with zero attached hydrogens (tertiary/aromatic N) is 2. The zero-order valence-electron chi connectivity index (χ0n) is 10.4. The number of carbonyl (C=O) groups excluding carboxylic acids is 1. The van der Waals surface area contributed by atoms with Crippen molar-refractivity contribution in [2.45, 2.75) is 13.0 Å². The maximum absolute atomic E-state index is 12.1. The Morgan fingerprint density at radius 2 is 2.17 bits per heavy atom. The lowest BCUT2D eigenvalue weighted by atomic mass is 10.2. The predicted molar refractivity (Wildman–Crippen MR) is 72.5 cm³/mol. The number of aliphatic hydroxyl groups excluding tert-OH is 1. The maximum atomic E-state index is 12.1. The largest absolute Gasteiger partial charge is 0.392 e. The average molecular weight is 316 g/mol. The van der Waals surface area contributed by atoms with E-state index in [4.69, 9.17) is 0 Å². The smallest absolute Gasteiger partial charge is 0.270 e. The number of hydrogen-bond acceptors (Lipinski definition) is 3. The van der Waals surface area contributed by atoms with Gasteiger partial charge in [-0.2, -0.15) is 0 Å². The molecule has 1 aromatic heterocycles. The average Bonchev–Trinajstić information content (AvgIpc) is 2.75. The number of halogens is 1. The summed E-state index contributed by atoms with van der Waals surface area (Å²) in [5.41, 5.74) is 0.617. The second-order valence-electron chi connectivity index (χ2n) is 4.67. The van der Waals surface area contributed by atoms with E-state index in [-0.39, 0.29) is 12.0 Å². The molecule has 0 spiro atoms. The van der Waals surface area contributed by atoms with Gasteiger partial charge in [0.2, 0.25) is 0 Å². The second-order valence-corrected chi connectivity index (χ2v) is 5.59. The van der Waals surface area contributed by atoms with Crippen molar-refractivity contribution in [3.8, 4) is 0 Å². The number of β-amino-alcohol motifs (C(OH)–C–C–N with tert-alkyl or cyclic N) is 1. The first-order valence-corrected chi connectivity index (χ1v) is 6.89. The molecule has 0 saturated carbocycles. The first-order valence-electron chi connectivity index (χ1n) is 6.10. The Kier molecular flexibility index (Phi) is 4.42. The minimum Gasteiger partial charge on any atom is -0.392 e. The van der Waals surface area contributed by atoms with E-state index in [0.29, 0.717) is 25.3 Å². The van der Waals surface area contributed by atoms with Gasteiger partial charge in [-0.05, 0) is 28.9 Å². The Morgan fingerprint density at radius 1 is 1.50 bits per heavy atom. The number of hydrogen-bond donors (Lipinski definition) is 2. The monoisotopic (exact) mass is 315 g/mol. The zero-order chi connectivity index (χ0) is 13.1. The van der Waals surface area contributed by atoms with Crippen LogP contribution in [0.4, 0.5) is 0 Å². The molecule has 0 aliphatic carbocycles. The lowest BCUT2D eigenvalue weighted by Gasteiger charge is -2.35. The van der Waals surface area contributed by atoms with Gasteiger partial charge in [-0.1, -0.05) is 0 Å². The van der Waals surface area contributed by atoms with E-state index >= 15 is 0 Å². The van der Waals surface area contributed by atoms with Gasteiger partial charge < -0.3 is 15.0 Å². The van der Waals surface area contributed by atoms with Gasteiger partial charge in [0.25, 0.3) is 5.91 Å².